The lowest BCUT2D eigenvalue weighted by molar-refractivity contribution is -0.680. The molecule has 0 bridgehead atoms. The molecule has 1 aromatic rings. The summed E-state index contributed by atoms with van der Waals surface area (Å²) < 4.78 is 1.47. The summed E-state index contributed by atoms with van der Waals surface area (Å²) in [5.41, 5.74) is 1.50. The van der Waals surface area contributed by atoms with Crippen LogP contribution in [-0.4, -0.2) is 16.5 Å². The minimum absolute atomic E-state index is 0.120. The van der Waals surface area contributed by atoms with Crippen molar-refractivity contribution in [1.82, 2.24) is 0 Å². The third-order valence-corrected chi connectivity index (χ3v) is 3.05. The summed E-state index contributed by atoms with van der Waals surface area (Å²) in [5.74, 6) is -0.287. The van der Waals surface area contributed by atoms with Crippen molar-refractivity contribution in [3.63, 3.8) is 0 Å². The summed E-state index contributed by atoms with van der Waals surface area (Å²) in [6, 6.07) is 0. The number of aromatic hydroxyl groups is 2. The van der Waals surface area contributed by atoms with Crippen LogP contribution in [0.25, 0.3) is 12.2 Å². The lowest BCUT2D eigenvalue weighted by atomic mass is 10.1. The van der Waals surface area contributed by atoms with Crippen molar-refractivity contribution in [2.45, 2.75) is 18.7 Å². The van der Waals surface area contributed by atoms with E-state index in [1.54, 1.807) is 19.2 Å². The molecule has 0 saturated carbocycles. The van der Waals surface area contributed by atoms with E-state index in [9.17, 15) is 10.2 Å². The van der Waals surface area contributed by atoms with Crippen LogP contribution in [0.15, 0.2) is 18.1 Å². The first-order valence-corrected chi connectivity index (χ1v) is 6.57. The molecule has 0 spiro atoms. The van der Waals surface area contributed by atoms with Crippen LogP contribution in [-0.2, 0) is 7.05 Å². The number of pyridine rings is 1. The van der Waals surface area contributed by atoms with Crippen molar-refractivity contribution in [2.75, 3.05) is 6.26 Å². The standard InChI is InChI=1S/C11H13NO2S.C2H6/c1-5-7-8(6-2)12(3)11(14)9(13)10(7)15-4;1-2/h5-6,13H,1-2H2,3-4H3;1-2H3/p+1. The van der Waals surface area contributed by atoms with Crippen molar-refractivity contribution in [3.8, 4) is 11.6 Å². The summed E-state index contributed by atoms with van der Waals surface area (Å²) in [5, 5.41) is 19.4. The molecule has 17 heavy (non-hydrogen) atoms. The molecule has 2 N–H and O–H groups in total. The summed E-state index contributed by atoms with van der Waals surface area (Å²) in [6.07, 6.45) is 5.09. The van der Waals surface area contributed by atoms with Crippen molar-refractivity contribution in [3.05, 3.63) is 24.4 Å². The maximum absolute atomic E-state index is 9.74. The second kappa shape index (κ2) is 7.01. The van der Waals surface area contributed by atoms with Gasteiger partial charge in [0.15, 0.2) is 0 Å². The highest BCUT2D eigenvalue weighted by Crippen LogP contribution is 2.37. The van der Waals surface area contributed by atoms with Crippen LogP contribution in [0.2, 0.25) is 0 Å². The fourth-order valence-electron chi connectivity index (χ4n) is 1.45. The van der Waals surface area contributed by atoms with Gasteiger partial charge in [-0.25, -0.2) is 0 Å². The molecule has 0 atom stereocenters. The predicted molar refractivity (Wildman–Crippen MR) is 74.3 cm³/mol. The van der Waals surface area contributed by atoms with Gasteiger partial charge in [0.05, 0.1) is 10.5 Å². The number of hydrogen-bond acceptors (Lipinski definition) is 3. The lowest BCUT2D eigenvalue weighted by Gasteiger charge is -2.08. The normalized spacial score (nSPS) is 9.18. The number of thioether (sulfide) groups is 1. The Morgan fingerprint density at radius 3 is 2.06 bits per heavy atom. The van der Waals surface area contributed by atoms with Gasteiger partial charge in [-0.2, -0.15) is 4.57 Å². The Morgan fingerprint density at radius 1 is 1.18 bits per heavy atom. The number of nitrogens with zero attached hydrogens (tertiary/aromatic N) is 1. The minimum Gasteiger partial charge on any atom is -0.499 e. The smallest absolute Gasteiger partial charge is 0.410 e. The molecule has 0 fully saturated rings. The van der Waals surface area contributed by atoms with Crippen LogP contribution >= 0.6 is 11.8 Å². The molecule has 0 saturated heterocycles. The van der Waals surface area contributed by atoms with E-state index in [2.05, 4.69) is 13.2 Å². The molecule has 1 aromatic heterocycles. The van der Waals surface area contributed by atoms with Crippen molar-refractivity contribution in [2.24, 2.45) is 7.05 Å². The van der Waals surface area contributed by atoms with Crippen LogP contribution in [0.3, 0.4) is 0 Å². The molecule has 3 nitrogen and oxygen atoms in total. The molecule has 0 aliphatic heterocycles. The van der Waals surface area contributed by atoms with Crippen molar-refractivity contribution in [1.29, 1.82) is 0 Å². The Labute approximate surface area is 107 Å². The van der Waals surface area contributed by atoms with Crippen molar-refractivity contribution < 1.29 is 14.8 Å². The average Bonchev–Trinajstić information content (AvgIpc) is 2.38. The van der Waals surface area contributed by atoms with Gasteiger partial charge in [-0.1, -0.05) is 33.1 Å². The number of rotatable bonds is 3. The zero-order valence-electron chi connectivity index (χ0n) is 10.8. The molecule has 0 amide bonds. The third kappa shape index (κ3) is 2.82. The first kappa shape index (κ1) is 15.6. The Balaban J connectivity index is 0.00000121. The maximum Gasteiger partial charge on any atom is 0.410 e. The molecule has 0 aromatic carbocycles. The second-order valence-electron chi connectivity index (χ2n) is 2.97. The molecule has 94 valence electrons. The Morgan fingerprint density at radius 2 is 1.71 bits per heavy atom. The van der Waals surface area contributed by atoms with Crippen LogP contribution in [0.1, 0.15) is 25.1 Å². The van der Waals surface area contributed by atoms with Crippen molar-refractivity contribution >= 4 is 23.9 Å². The fourth-order valence-corrected chi connectivity index (χ4v) is 2.14. The van der Waals surface area contributed by atoms with Gasteiger partial charge in [-0.3, -0.25) is 0 Å². The molecule has 0 radical (unpaired) electrons. The van der Waals surface area contributed by atoms with Gasteiger partial charge in [0.2, 0.25) is 11.4 Å². The van der Waals surface area contributed by atoms with Gasteiger partial charge in [0, 0.05) is 6.08 Å². The largest absolute Gasteiger partial charge is 0.499 e. The Hall–Kier alpha value is -1.42. The van der Waals surface area contributed by atoms with Gasteiger partial charge >= 0.3 is 5.88 Å². The summed E-state index contributed by atoms with van der Waals surface area (Å²) in [7, 11) is 1.66. The summed E-state index contributed by atoms with van der Waals surface area (Å²) in [6.45, 7) is 11.4. The van der Waals surface area contributed by atoms with Gasteiger partial charge in [-0.05, 0) is 6.26 Å². The highest BCUT2D eigenvalue weighted by molar-refractivity contribution is 7.98. The van der Waals surface area contributed by atoms with Gasteiger partial charge in [0.1, 0.15) is 7.05 Å². The van der Waals surface area contributed by atoms with E-state index in [1.165, 1.54) is 16.3 Å². The van der Waals surface area contributed by atoms with E-state index < -0.39 is 0 Å². The lowest BCUT2D eigenvalue weighted by Crippen LogP contribution is -2.33. The zero-order chi connectivity index (χ0) is 13.6. The van der Waals surface area contributed by atoms with E-state index >= 15 is 0 Å². The van der Waals surface area contributed by atoms with E-state index in [0.29, 0.717) is 4.90 Å². The minimum atomic E-state index is -0.167. The maximum atomic E-state index is 9.74. The number of hydrogen-bond donors (Lipinski definition) is 2. The molecule has 1 heterocycles. The quantitative estimate of drug-likeness (QED) is 0.644. The molecular formula is C13H20NO2S+. The third-order valence-electron chi connectivity index (χ3n) is 2.23. The van der Waals surface area contributed by atoms with E-state index in [-0.39, 0.29) is 11.6 Å². The fraction of sp³-hybridized carbons (Fsp3) is 0.308. The molecule has 1 rings (SSSR count). The highest BCUT2D eigenvalue weighted by atomic mass is 32.2. The molecule has 0 unspecified atom stereocenters. The molecule has 0 aliphatic carbocycles. The SMILES string of the molecule is C=Cc1c(SC)c(O)c(O)[n+](C)c1C=C.CC. The van der Waals surface area contributed by atoms with E-state index in [1.807, 2.05) is 20.1 Å². The van der Waals surface area contributed by atoms with E-state index in [0.717, 1.165) is 11.3 Å². The Kier molecular flexibility index (Phi) is 6.43. The summed E-state index contributed by atoms with van der Waals surface area (Å²) >= 11 is 1.36. The predicted octanol–water partition coefficient (Wildman–Crippen LogP) is 2.96. The van der Waals surface area contributed by atoms with Crippen LogP contribution in [0.4, 0.5) is 0 Å². The van der Waals surface area contributed by atoms with Crippen LogP contribution in [0, 0.1) is 0 Å². The topological polar surface area (TPSA) is 44.3 Å². The van der Waals surface area contributed by atoms with Gasteiger partial charge < -0.3 is 10.2 Å². The van der Waals surface area contributed by atoms with Gasteiger partial charge in [0.25, 0.3) is 0 Å². The second-order valence-corrected chi connectivity index (χ2v) is 3.79. The first-order chi connectivity index (χ1) is 8.08. The molecular weight excluding hydrogens is 234 g/mol. The van der Waals surface area contributed by atoms with Crippen LogP contribution < -0.4 is 4.57 Å². The zero-order valence-corrected chi connectivity index (χ0v) is 11.6. The van der Waals surface area contributed by atoms with E-state index in [4.69, 9.17) is 0 Å². The average molecular weight is 254 g/mol. The number of aromatic nitrogens is 1. The Bertz CT molecular complexity index is 428. The van der Waals surface area contributed by atoms with Crippen LogP contribution in [0.5, 0.6) is 11.6 Å². The van der Waals surface area contributed by atoms with Gasteiger partial charge in [-0.15, -0.1) is 11.8 Å². The summed E-state index contributed by atoms with van der Waals surface area (Å²) in [4.78, 5) is 0.607. The molecule has 0 aliphatic rings. The monoisotopic (exact) mass is 254 g/mol. The molecule has 4 heteroatoms. The highest BCUT2D eigenvalue weighted by Gasteiger charge is 2.24. The first-order valence-electron chi connectivity index (χ1n) is 5.35.